The monoisotopic (exact) mass is 249 g/mol. The molecule has 2 N–H and O–H groups in total. The first-order chi connectivity index (χ1) is 8.67. The molecular formula is C12H19N5O. The first-order valence-corrected chi connectivity index (χ1v) is 6.42. The van der Waals surface area contributed by atoms with Crippen molar-refractivity contribution in [3.05, 3.63) is 22.1 Å². The van der Waals surface area contributed by atoms with Gasteiger partial charge in [0.1, 0.15) is 0 Å². The van der Waals surface area contributed by atoms with Crippen molar-refractivity contribution in [2.45, 2.75) is 46.1 Å². The number of aromatic nitrogens is 4. The molecule has 0 aliphatic heterocycles. The number of aryl methyl sites for hydroxylation is 2. The third-order valence-corrected chi connectivity index (χ3v) is 2.92. The quantitative estimate of drug-likeness (QED) is 0.864. The van der Waals surface area contributed by atoms with Crippen molar-refractivity contribution in [1.29, 1.82) is 0 Å². The molecule has 0 saturated heterocycles. The molecule has 0 spiro atoms. The highest BCUT2D eigenvalue weighted by Gasteiger charge is 2.11. The summed E-state index contributed by atoms with van der Waals surface area (Å²) in [6, 6.07) is 0. The second-order valence-corrected chi connectivity index (χ2v) is 4.43. The lowest BCUT2D eigenvalue weighted by atomic mass is 10.1. The maximum Gasteiger partial charge on any atom is 0.258 e. The third-order valence-electron chi connectivity index (χ3n) is 2.92. The Hall–Kier alpha value is -1.85. The molecular weight excluding hydrogens is 230 g/mol. The summed E-state index contributed by atoms with van der Waals surface area (Å²) in [7, 11) is 0. The van der Waals surface area contributed by atoms with Gasteiger partial charge in [-0.1, -0.05) is 20.3 Å². The fourth-order valence-electron chi connectivity index (χ4n) is 2.03. The van der Waals surface area contributed by atoms with Gasteiger partial charge in [0.15, 0.2) is 0 Å². The van der Waals surface area contributed by atoms with Crippen LogP contribution in [0.5, 0.6) is 0 Å². The van der Waals surface area contributed by atoms with Crippen LogP contribution in [-0.2, 0) is 13.0 Å². The van der Waals surface area contributed by atoms with Crippen LogP contribution in [0.4, 0.5) is 5.95 Å². The van der Waals surface area contributed by atoms with E-state index in [1.54, 1.807) is 15.3 Å². The molecule has 0 aromatic carbocycles. The van der Waals surface area contributed by atoms with E-state index in [9.17, 15) is 4.79 Å². The molecule has 0 fully saturated rings. The van der Waals surface area contributed by atoms with Crippen LogP contribution in [0.25, 0.3) is 5.78 Å². The van der Waals surface area contributed by atoms with Crippen molar-refractivity contribution >= 4 is 11.7 Å². The Morgan fingerprint density at radius 1 is 1.33 bits per heavy atom. The number of nitrogens with two attached hydrogens (primary N) is 1. The van der Waals surface area contributed by atoms with Gasteiger partial charge < -0.3 is 5.73 Å². The highest BCUT2D eigenvalue weighted by Crippen LogP contribution is 2.06. The van der Waals surface area contributed by atoms with Crippen molar-refractivity contribution in [3.63, 3.8) is 0 Å². The fraction of sp³-hybridized carbons (Fsp3) is 0.583. The van der Waals surface area contributed by atoms with Gasteiger partial charge in [0.2, 0.25) is 11.7 Å². The molecule has 2 aromatic heterocycles. The zero-order valence-corrected chi connectivity index (χ0v) is 10.9. The Bertz CT molecular complexity index is 598. The predicted octanol–water partition coefficient (Wildman–Crippen LogP) is 1.23. The van der Waals surface area contributed by atoms with Crippen LogP contribution in [0.15, 0.2) is 11.0 Å². The van der Waals surface area contributed by atoms with E-state index in [0.717, 1.165) is 31.2 Å². The molecule has 18 heavy (non-hydrogen) atoms. The topological polar surface area (TPSA) is 78.2 Å². The summed E-state index contributed by atoms with van der Waals surface area (Å²) in [5.41, 5.74) is 6.41. The Kier molecular flexibility index (Phi) is 3.64. The van der Waals surface area contributed by atoms with Gasteiger partial charge in [-0.2, -0.15) is 4.98 Å². The Balaban J connectivity index is 2.59. The van der Waals surface area contributed by atoms with E-state index in [-0.39, 0.29) is 11.5 Å². The van der Waals surface area contributed by atoms with Crippen LogP contribution in [0.2, 0.25) is 0 Å². The zero-order valence-electron chi connectivity index (χ0n) is 10.9. The van der Waals surface area contributed by atoms with Crippen molar-refractivity contribution < 1.29 is 0 Å². The lowest BCUT2D eigenvalue weighted by Gasteiger charge is -2.08. The van der Waals surface area contributed by atoms with Crippen LogP contribution >= 0.6 is 0 Å². The van der Waals surface area contributed by atoms with Gasteiger partial charge in [0, 0.05) is 18.3 Å². The van der Waals surface area contributed by atoms with Gasteiger partial charge >= 0.3 is 0 Å². The molecule has 98 valence electrons. The number of anilines is 1. The highest BCUT2D eigenvalue weighted by molar-refractivity contribution is 5.36. The minimum Gasteiger partial charge on any atom is -0.366 e. The fourth-order valence-corrected chi connectivity index (χ4v) is 2.03. The summed E-state index contributed by atoms with van der Waals surface area (Å²) >= 11 is 0. The van der Waals surface area contributed by atoms with Crippen LogP contribution in [0, 0.1) is 0 Å². The van der Waals surface area contributed by atoms with Crippen LogP contribution in [-0.4, -0.2) is 19.2 Å². The molecule has 2 aromatic rings. The number of nitrogens with zero attached hydrogens (tertiary/aromatic N) is 4. The Morgan fingerprint density at radius 3 is 2.78 bits per heavy atom. The molecule has 2 heterocycles. The van der Waals surface area contributed by atoms with Crippen LogP contribution in [0.3, 0.4) is 0 Å². The second kappa shape index (κ2) is 5.20. The van der Waals surface area contributed by atoms with Crippen molar-refractivity contribution in [3.8, 4) is 0 Å². The van der Waals surface area contributed by atoms with E-state index in [4.69, 9.17) is 5.73 Å². The first kappa shape index (κ1) is 12.6. The minimum absolute atomic E-state index is 0.0326. The van der Waals surface area contributed by atoms with Gasteiger partial charge in [-0.25, -0.2) is 4.52 Å². The molecule has 0 saturated carbocycles. The van der Waals surface area contributed by atoms with E-state index in [2.05, 4.69) is 17.0 Å². The molecule has 0 amide bonds. The molecule has 0 radical (unpaired) electrons. The van der Waals surface area contributed by atoms with Gasteiger partial charge in [0.25, 0.3) is 5.56 Å². The molecule has 0 atom stereocenters. The predicted molar refractivity (Wildman–Crippen MR) is 70.6 cm³/mol. The smallest absolute Gasteiger partial charge is 0.258 e. The average molecular weight is 249 g/mol. The van der Waals surface area contributed by atoms with Crippen molar-refractivity contribution in [2.75, 3.05) is 5.73 Å². The lowest BCUT2D eigenvalue weighted by molar-refractivity contribution is 0.636. The van der Waals surface area contributed by atoms with E-state index in [1.807, 2.05) is 6.92 Å². The van der Waals surface area contributed by atoms with Gasteiger partial charge in [-0.15, -0.1) is 5.10 Å². The molecule has 0 aliphatic rings. The average Bonchev–Trinajstić information content (AvgIpc) is 2.71. The molecule has 6 heteroatoms. The number of fused-ring (bicyclic) bond motifs is 1. The van der Waals surface area contributed by atoms with Gasteiger partial charge in [0.05, 0.1) is 0 Å². The lowest BCUT2D eigenvalue weighted by Crippen LogP contribution is -2.26. The SMILES string of the molecule is CCCCc1cn2nc(N)nc2n(CCC)c1=O. The number of hydrogen-bond donors (Lipinski definition) is 1. The van der Waals surface area contributed by atoms with Gasteiger partial charge in [-0.3, -0.25) is 9.36 Å². The molecule has 0 unspecified atom stereocenters. The minimum atomic E-state index is 0.0326. The summed E-state index contributed by atoms with van der Waals surface area (Å²) in [6.45, 7) is 4.78. The summed E-state index contributed by atoms with van der Waals surface area (Å²) in [5.74, 6) is 0.728. The summed E-state index contributed by atoms with van der Waals surface area (Å²) in [4.78, 5) is 16.4. The van der Waals surface area contributed by atoms with E-state index < -0.39 is 0 Å². The molecule has 2 rings (SSSR count). The Labute approximate surface area is 105 Å². The van der Waals surface area contributed by atoms with E-state index >= 15 is 0 Å². The maximum absolute atomic E-state index is 12.3. The van der Waals surface area contributed by atoms with E-state index in [0.29, 0.717) is 12.3 Å². The van der Waals surface area contributed by atoms with Gasteiger partial charge in [-0.05, 0) is 19.3 Å². The normalized spacial score (nSPS) is 11.2. The third kappa shape index (κ3) is 2.23. The number of rotatable bonds is 5. The highest BCUT2D eigenvalue weighted by atomic mass is 16.1. The number of unbranched alkanes of at least 4 members (excludes halogenated alkanes) is 1. The van der Waals surface area contributed by atoms with Crippen LogP contribution in [0.1, 0.15) is 38.7 Å². The maximum atomic E-state index is 12.3. The zero-order chi connectivity index (χ0) is 13.1. The second-order valence-electron chi connectivity index (χ2n) is 4.43. The van der Waals surface area contributed by atoms with Crippen molar-refractivity contribution in [1.82, 2.24) is 19.2 Å². The number of hydrogen-bond acceptors (Lipinski definition) is 4. The van der Waals surface area contributed by atoms with Crippen molar-refractivity contribution in [2.24, 2.45) is 0 Å². The van der Waals surface area contributed by atoms with Crippen LogP contribution < -0.4 is 11.3 Å². The number of nitrogen functional groups attached to an aromatic ring is 1. The molecule has 6 nitrogen and oxygen atoms in total. The Morgan fingerprint density at radius 2 is 2.11 bits per heavy atom. The first-order valence-electron chi connectivity index (χ1n) is 6.42. The standard InChI is InChI=1S/C12H19N5O/c1-3-5-6-9-8-17-12(14-11(13)15-17)16(7-4-2)10(9)18/h8H,3-7H2,1-2H3,(H2,13,15). The summed E-state index contributed by atoms with van der Waals surface area (Å²) in [5, 5.41) is 4.09. The molecule has 0 aliphatic carbocycles. The van der Waals surface area contributed by atoms with E-state index in [1.165, 1.54) is 0 Å². The summed E-state index contributed by atoms with van der Waals surface area (Å²) < 4.78 is 3.27. The molecule has 0 bridgehead atoms. The largest absolute Gasteiger partial charge is 0.366 e. The summed E-state index contributed by atoms with van der Waals surface area (Å²) in [6.07, 6.45) is 5.46.